The molecule has 0 spiro atoms. The van der Waals surface area contributed by atoms with Gasteiger partial charge in [-0.05, 0) is 48.9 Å². The minimum Gasteiger partial charge on any atom is -0.506 e. The largest absolute Gasteiger partial charge is 0.506 e. The summed E-state index contributed by atoms with van der Waals surface area (Å²) in [6.45, 7) is 9.81. The van der Waals surface area contributed by atoms with Crippen molar-refractivity contribution in [2.24, 2.45) is 11.8 Å². The lowest BCUT2D eigenvalue weighted by atomic mass is 9.97. The standard InChI is InChI=1S/C34H49N7O8S3/c1-22(2)18-40(51(46,47)27-12-13-30(42)29(17-27)38-52(48,49)35-6)20-31(43)28(16-25-10-8-7-9-11-25)37-33(44)32(23(3)4)41-15-14-39(34(41)45)19-26-21-50-24(5)36-26/h7-13,17,21-23,28,31-32,35,38,42-43H,14-16,18-20H2,1-6H3,(H,37,44)/t28-,31+,32-/m0/s1. The van der Waals surface area contributed by atoms with Gasteiger partial charge < -0.3 is 25.3 Å². The normalized spacial score (nSPS) is 15.8. The number of amides is 3. The number of hydrogen-bond acceptors (Lipinski definition) is 10. The van der Waals surface area contributed by atoms with Crippen LogP contribution in [-0.4, -0.2) is 109 Å². The fraction of sp³-hybridized carbons (Fsp3) is 0.500. The van der Waals surface area contributed by atoms with E-state index >= 15 is 0 Å². The van der Waals surface area contributed by atoms with Gasteiger partial charge in [0.1, 0.15) is 11.8 Å². The molecule has 2 aromatic carbocycles. The summed E-state index contributed by atoms with van der Waals surface area (Å²) in [6.07, 6.45) is -1.25. The molecule has 3 atom stereocenters. The number of carbonyl (C=O) groups excluding carboxylic acids is 2. The van der Waals surface area contributed by atoms with Gasteiger partial charge in [-0.2, -0.15) is 12.7 Å². The van der Waals surface area contributed by atoms with Crippen molar-refractivity contribution in [3.63, 3.8) is 0 Å². The molecule has 5 N–H and O–H groups in total. The average molecular weight is 780 g/mol. The lowest BCUT2D eigenvalue weighted by Gasteiger charge is -2.34. The monoisotopic (exact) mass is 779 g/mol. The number of aliphatic hydroxyl groups excluding tert-OH is 1. The molecule has 1 aliphatic rings. The number of urea groups is 1. The van der Waals surface area contributed by atoms with Crippen LogP contribution in [0.5, 0.6) is 5.75 Å². The first-order valence-electron chi connectivity index (χ1n) is 16.9. The van der Waals surface area contributed by atoms with Gasteiger partial charge in [0.2, 0.25) is 15.9 Å². The molecule has 3 amide bonds. The van der Waals surface area contributed by atoms with Gasteiger partial charge >= 0.3 is 6.03 Å². The highest BCUT2D eigenvalue weighted by atomic mass is 32.2. The summed E-state index contributed by atoms with van der Waals surface area (Å²) in [5, 5.41) is 27.8. The van der Waals surface area contributed by atoms with Crippen LogP contribution in [0.1, 0.15) is 44.0 Å². The third-order valence-electron chi connectivity index (χ3n) is 8.55. The van der Waals surface area contributed by atoms with Crippen LogP contribution in [0.4, 0.5) is 10.5 Å². The van der Waals surface area contributed by atoms with E-state index in [1.807, 2.05) is 61.2 Å². The molecule has 0 saturated carbocycles. The number of phenols is 1. The molecule has 1 aliphatic heterocycles. The number of phenolic OH excluding ortho intramolecular Hbond substituents is 1. The van der Waals surface area contributed by atoms with Crippen molar-refractivity contribution in [2.45, 2.75) is 70.7 Å². The van der Waals surface area contributed by atoms with Crippen molar-refractivity contribution >= 4 is 49.2 Å². The molecule has 0 aliphatic carbocycles. The van der Waals surface area contributed by atoms with Crippen LogP contribution in [0.3, 0.4) is 0 Å². The molecule has 15 nitrogen and oxygen atoms in total. The first-order chi connectivity index (χ1) is 24.4. The van der Waals surface area contributed by atoms with Crippen LogP contribution in [0.2, 0.25) is 0 Å². The van der Waals surface area contributed by atoms with Crippen molar-refractivity contribution in [1.82, 2.24) is 29.1 Å². The molecular weight excluding hydrogens is 731 g/mol. The Hall–Kier alpha value is -3.81. The Bertz CT molecular complexity index is 1910. The second kappa shape index (κ2) is 17.3. The number of nitrogens with zero attached hydrogens (tertiary/aromatic N) is 4. The highest BCUT2D eigenvalue weighted by Gasteiger charge is 2.40. The SMILES string of the molecule is CNS(=O)(=O)Nc1cc(S(=O)(=O)N(CC(C)C)C[C@@H](O)[C@H](Cc2ccccc2)NC(=O)[C@H](C(C)C)N2CCN(Cc3csc(C)n3)C2=O)ccc1O. The number of carbonyl (C=O) groups is 2. The van der Waals surface area contributed by atoms with E-state index in [9.17, 15) is 36.6 Å². The quantitative estimate of drug-likeness (QED) is 0.120. The van der Waals surface area contributed by atoms with Gasteiger partial charge in [-0.25, -0.2) is 22.9 Å². The van der Waals surface area contributed by atoms with E-state index in [1.54, 1.807) is 18.7 Å². The van der Waals surface area contributed by atoms with Crippen LogP contribution in [0.25, 0.3) is 0 Å². The van der Waals surface area contributed by atoms with Gasteiger partial charge in [0.15, 0.2) is 0 Å². The molecule has 0 unspecified atom stereocenters. The Morgan fingerprint density at radius 1 is 1.04 bits per heavy atom. The maximum absolute atomic E-state index is 14.1. The first-order valence-corrected chi connectivity index (χ1v) is 20.8. The number of nitrogens with one attached hydrogen (secondary N) is 3. The van der Waals surface area contributed by atoms with Crippen LogP contribution in [-0.2, 0) is 38.0 Å². The van der Waals surface area contributed by atoms with Crippen LogP contribution < -0.4 is 14.8 Å². The number of rotatable bonds is 18. The topological polar surface area (TPSA) is 202 Å². The number of thiazole rings is 1. The number of aromatic nitrogens is 1. The van der Waals surface area contributed by atoms with Crippen molar-refractivity contribution in [2.75, 3.05) is 37.9 Å². The van der Waals surface area contributed by atoms with E-state index in [-0.39, 0.29) is 41.4 Å². The van der Waals surface area contributed by atoms with Gasteiger partial charge in [0, 0.05) is 38.6 Å². The average Bonchev–Trinajstić information content (AvgIpc) is 3.65. The maximum Gasteiger partial charge on any atom is 0.321 e. The molecule has 4 rings (SSSR count). The van der Waals surface area contributed by atoms with E-state index in [2.05, 4.69) is 15.0 Å². The summed E-state index contributed by atoms with van der Waals surface area (Å²) >= 11 is 1.50. The van der Waals surface area contributed by atoms with Gasteiger partial charge in [-0.3, -0.25) is 9.52 Å². The molecule has 3 aromatic rings. The Kier molecular flexibility index (Phi) is 13.7. The summed E-state index contributed by atoms with van der Waals surface area (Å²) in [7, 11) is -7.31. The zero-order chi connectivity index (χ0) is 38.4. The van der Waals surface area contributed by atoms with Crippen LogP contribution in [0, 0.1) is 18.8 Å². The molecule has 2 heterocycles. The van der Waals surface area contributed by atoms with Crippen LogP contribution in [0.15, 0.2) is 58.8 Å². The minimum atomic E-state index is -4.38. The molecule has 52 heavy (non-hydrogen) atoms. The third kappa shape index (κ3) is 10.4. The van der Waals surface area contributed by atoms with Crippen LogP contribution >= 0.6 is 11.3 Å². The van der Waals surface area contributed by atoms with Gasteiger partial charge in [-0.1, -0.05) is 58.0 Å². The fourth-order valence-corrected chi connectivity index (χ4v) is 8.83. The van der Waals surface area contributed by atoms with E-state index in [1.165, 1.54) is 16.2 Å². The summed E-state index contributed by atoms with van der Waals surface area (Å²) in [5.41, 5.74) is 1.21. The molecule has 1 saturated heterocycles. The Labute approximate surface area is 310 Å². The molecular formula is C34H49N7O8S3. The number of benzene rings is 2. The van der Waals surface area contributed by atoms with Gasteiger partial charge in [0.05, 0.1) is 40.0 Å². The zero-order valence-corrected chi connectivity index (χ0v) is 32.6. The highest BCUT2D eigenvalue weighted by Crippen LogP contribution is 2.29. The number of hydrogen-bond donors (Lipinski definition) is 5. The Morgan fingerprint density at radius 2 is 1.73 bits per heavy atom. The highest BCUT2D eigenvalue weighted by molar-refractivity contribution is 7.90. The lowest BCUT2D eigenvalue weighted by molar-refractivity contribution is -0.128. The number of aryl methyl sites for hydroxylation is 1. The van der Waals surface area contributed by atoms with Crippen molar-refractivity contribution < 1.29 is 36.6 Å². The smallest absolute Gasteiger partial charge is 0.321 e. The van der Waals surface area contributed by atoms with Crippen molar-refractivity contribution in [3.8, 4) is 5.75 Å². The summed E-state index contributed by atoms with van der Waals surface area (Å²) in [6, 6.07) is 10.2. The molecule has 286 valence electrons. The van der Waals surface area contributed by atoms with Crippen molar-refractivity contribution in [3.05, 3.63) is 70.2 Å². The lowest BCUT2D eigenvalue weighted by Crippen LogP contribution is -2.57. The summed E-state index contributed by atoms with van der Waals surface area (Å²) < 4.78 is 57.6. The Balaban J connectivity index is 1.61. The molecule has 0 bridgehead atoms. The number of anilines is 1. The second-order valence-corrected chi connectivity index (χ2v) is 18.1. The Morgan fingerprint density at radius 3 is 2.33 bits per heavy atom. The first kappa shape index (κ1) is 41.0. The number of sulfonamides is 1. The van der Waals surface area contributed by atoms with Crippen molar-refractivity contribution in [1.29, 1.82) is 0 Å². The summed E-state index contributed by atoms with van der Waals surface area (Å²) in [5.74, 6) is -1.45. The number of aromatic hydroxyl groups is 1. The van der Waals surface area contributed by atoms with Gasteiger partial charge in [-0.15, -0.1) is 11.3 Å². The van der Waals surface area contributed by atoms with E-state index in [4.69, 9.17) is 0 Å². The molecule has 1 aromatic heterocycles. The van der Waals surface area contributed by atoms with E-state index in [0.717, 1.165) is 45.8 Å². The number of aliphatic hydroxyl groups is 1. The van der Waals surface area contributed by atoms with E-state index in [0.29, 0.717) is 19.6 Å². The molecule has 1 fully saturated rings. The molecule has 18 heteroatoms. The summed E-state index contributed by atoms with van der Waals surface area (Å²) in [4.78, 5) is 35.0. The predicted octanol–water partition coefficient (Wildman–Crippen LogP) is 2.73. The van der Waals surface area contributed by atoms with Gasteiger partial charge in [0.25, 0.3) is 10.2 Å². The predicted molar refractivity (Wildman–Crippen MR) is 199 cm³/mol. The van der Waals surface area contributed by atoms with E-state index < -0.39 is 56.6 Å². The fourth-order valence-electron chi connectivity index (χ4n) is 6.02. The molecule has 0 radical (unpaired) electrons. The zero-order valence-electron chi connectivity index (χ0n) is 30.2. The second-order valence-electron chi connectivity index (χ2n) is 13.5. The third-order valence-corrected chi connectivity index (χ3v) is 12.2. The maximum atomic E-state index is 14.1. The minimum absolute atomic E-state index is 0.0188.